The minimum Gasteiger partial charge on any atom is -0.298 e. The van der Waals surface area contributed by atoms with Gasteiger partial charge in [-0.3, -0.25) is 14.2 Å². The van der Waals surface area contributed by atoms with E-state index in [1.54, 1.807) is 15.9 Å². The summed E-state index contributed by atoms with van der Waals surface area (Å²) >= 11 is 3.04. The molecule has 0 saturated heterocycles. The Labute approximate surface area is 137 Å². The molecule has 2 aromatic rings. The van der Waals surface area contributed by atoms with Crippen molar-refractivity contribution in [1.29, 1.82) is 0 Å². The molecule has 0 N–H and O–H groups in total. The zero-order chi connectivity index (χ0) is 15.9. The van der Waals surface area contributed by atoms with E-state index < -0.39 is 0 Å². The number of hydrogen-bond donors (Lipinski definition) is 0. The largest absolute Gasteiger partial charge is 0.298 e. The first-order chi connectivity index (χ1) is 10.5. The number of Topliss-reactive ketones (excluding diaryl/α,β-unsaturated/α-hetero) is 1. The SMILES string of the molecule is CCn1c(SC2CCCCC2=O)nc2sc(C)c(C)c2c1=O. The average Bonchev–Trinajstić information content (AvgIpc) is 2.77. The number of ketones is 1. The molecule has 0 radical (unpaired) electrons. The standard InChI is InChI=1S/C16H20N2O2S2/c1-4-18-15(20)13-9(2)10(3)21-14(13)17-16(18)22-12-8-6-5-7-11(12)19/h12H,4-8H2,1-3H3. The molecule has 1 fully saturated rings. The highest BCUT2D eigenvalue weighted by molar-refractivity contribution is 8.00. The van der Waals surface area contributed by atoms with Crippen LogP contribution in [0.25, 0.3) is 10.2 Å². The van der Waals surface area contributed by atoms with E-state index in [0.717, 1.165) is 39.9 Å². The molecule has 1 unspecified atom stereocenters. The van der Waals surface area contributed by atoms with Crippen molar-refractivity contribution in [2.24, 2.45) is 0 Å². The first-order valence-electron chi connectivity index (χ1n) is 7.72. The lowest BCUT2D eigenvalue weighted by Gasteiger charge is -2.20. The summed E-state index contributed by atoms with van der Waals surface area (Å²) < 4.78 is 1.72. The van der Waals surface area contributed by atoms with Gasteiger partial charge in [-0.15, -0.1) is 11.3 Å². The maximum absolute atomic E-state index is 12.8. The zero-order valence-electron chi connectivity index (χ0n) is 13.1. The number of fused-ring (bicyclic) bond motifs is 1. The van der Waals surface area contributed by atoms with Crippen LogP contribution in [0.4, 0.5) is 0 Å². The minimum absolute atomic E-state index is 0.0279. The minimum atomic E-state index is -0.0435. The average molecular weight is 336 g/mol. The third-order valence-electron chi connectivity index (χ3n) is 4.32. The molecule has 22 heavy (non-hydrogen) atoms. The van der Waals surface area contributed by atoms with Gasteiger partial charge in [-0.05, 0) is 39.2 Å². The van der Waals surface area contributed by atoms with E-state index in [4.69, 9.17) is 4.98 Å². The molecule has 0 spiro atoms. The Morgan fingerprint density at radius 2 is 2.09 bits per heavy atom. The summed E-state index contributed by atoms with van der Waals surface area (Å²) in [6.45, 7) is 6.54. The van der Waals surface area contributed by atoms with Crippen molar-refractivity contribution in [3.63, 3.8) is 0 Å². The fourth-order valence-electron chi connectivity index (χ4n) is 2.88. The Morgan fingerprint density at radius 1 is 1.32 bits per heavy atom. The number of aryl methyl sites for hydroxylation is 2. The molecule has 1 saturated carbocycles. The Kier molecular flexibility index (Phi) is 4.41. The molecule has 0 bridgehead atoms. The number of thiophene rings is 1. The highest BCUT2D eigenvalue weighted by Gasteiger charge is 2.26. The van der Waals surface area contributed by atoms with Gasteiger partial charge in [-0.2, -0.15) is 0 Å². The Hall–Kier alpha value is -1.14. The predicted octanol–water partition coefficient (Wildman–Crippen LogP) is 3.70. The van der Waals surface area contributed by atoms with Crippen LogP contribution in [0.15, 0.2) is 9.95 Å². The van der Waals surface area contributed by atoms with Gasteiger partial charge in [-0.25, -0.2) is 4.98 Å². The quantitative estimate of drug-likeness (QED) is 0.802. The fraction of sp³-hybridized carbons (Fsp3) is 0.562. The van der Waals surface area contributed by atoms with Gasteiger partial charge in [0, 0.05) is 17.8 Å². The topological polar surface area (TPSA) is 52.0 Å². The van der Waals surface area contributed by atoms with Crippen LogP contribution in [-0.4, -0.2) is 20.6 Å². The molecule has 0 amide bonds. The number of carbonyl (C=O) groups excluding carboxylic acids is 1. The summed E-state index contributed by atoms with van der Waals surface area (Å²) in [5.74, 6) is 0.298. The molecule has 1 aliphatic carbocycles. The van der Waals surface area contributed by atoms with E-state index in [9.17, 15) is 9.59 Å². The molecule has 1 aliphatic rings. The summed E-state index contributed by atoms with van der Waals surface area (Å²) in [5.41, 5.74) is 1.06. The molecule has 118 valence electrons. The van der Waals surface area contributed by atoms with Crippen LogP contribution in [0.5, 0.6) is 0 Å². The normalized spacial score (nSPS) is 19.0. The Morgan fingerprint density at radius 3 is 2.77 bits per heavy atom. The molecule has 2 heterocycles. The van der Waals surface area contributed by atoms with Crippen molar-refractivity contribution in [3.05, 3.63) is 20.8 Å². The van der Waals surface area contributed by atoms with E-state index >= 15 is 0 Å². The summed E-state index contributed by atoms with van der Waals surface area (Å²) in [7, 11) is 0. The summed E-state index contributed by atoms with van der Waals surface area (Å²) in [6.07, 6.45) is 3.63. The smallest absolute Gasteiger partial charge is 0.263 e. The first-order valence-corrected chi connectivity index (χ1v) is 9.42. The number of hydrogen-bond acceptors (Lipinski definition) is 5. The maximum atomic E-state index is 12.8. The second-order valence-electron chi connectivity index (χ2n) is 5.73. The molecule has 2 aromatic heterocycles. The maximum Gasteiger partial charge on any atom is 0.263 e. The third kappa shape index (κ3) is 2.63. The van der Waals surface area contributed by atoms with Crippen molar-refractivity contribution in [1.82, 2.24) is 9.55 Å². The number of nitrogens with zero attached hydrogens (tertiary/aromatic N) is 2. The zero-order valence-corrected chi connectivity index (χ0v) is 14.8. The van der Waals surface area contributed by atoms with Gasteiger partial charge in [-0.1, -0.05) is 18.2 Å². The molecular formula is C16H20N2O2S2. The molecule has 6 heteroatoms. The fourth-order valence-corrected chi connectivity index (χ4v) is 5.23. The molecule has 3 rings (SSSR count). The van der Waals surface area contributed by atoms with Crippen LogP contribution in [0, 0.1) is 13.8 Å². The second-order valence-corrected chi connectivity index (χ2v) is 8.10. The van der Waals surface area contributed by atoms with Gasteiger partial charge in [0.1, 0.15) is 10.6 Å². The lowest BCUT2D eigenvalue weighted by atomic mass is 9.99. The van der Waals surface area contributed by atoms with Crippen LogP contribution in [0.3, 0.4) is 0 Å². The lowest BCUT2D eigenvalue weighted by molar-refractivity contribution is -0.119. The molecule has 0 aromatic carbocycles. The number of thioether (sulfide) groups is 1. The highest BCUT2D eigenvalue weighted by atomic mass is 32.2. The summed E-state index contributed by atoms with van der Waals surface area (Å²) in [4.78, 5) is 31.5. The van der Waals surface area contributed by atoms with Gasteiger partial charge in [0.15, 0.2) is 5.16 Å². The van der Waals surface area contributed by atoms with Gasteiger partial charge >= 0.3 is 0 Å². The van der Waals surface area contributed by atoms with Crippen molar-refractivity contribution < 1.29 is 4.79 Å². The highest BCUT2D eigenvalue weighted by Crippen LogP contribution is 2.33. The van der Waals surface area contributed by atoms with Gasteiger partial charge < -0.3 is 0 Å². The van der Waals surface area contributed by atoms with Gasteiger partial charge in [0.25, 0.3) is 5.56 Å². The van der Waals surface area contributed by atoms with Crippen LogP contribution in [0.2, 0.25) is 0 Å². The molecular weight excluding hydrogens is 316 g/mol. The molecule has 1 atom stereocenters. The number of aromatic nitrogens is 2. The Balaban J connectivity index is 2.09. The Bertz CT molecular complexity index is 792. The van der Waals surface area contributed by atoms with Crippen LogP contribution >= 0.6 is 23.1 Å². The number of rotatable bonds is 3. The second kappa shape index (κ2) is 6.16. The van der Waals surface area contributed by atoms with Crippen molar-refractivity contribution in [2.75, 3.05) is 0 Å². The van der Waals surface area contributed by atoms with E-state index in [2.05, 4.69) is 0 Å². The summed E-state index contributed by atoms with van der Waals surface area (Å²) in [6, 6.07) is 0. The van der Waals surface area contributed by atoms with Crippen LogP contribution in [0.1, 0.15) is 43.0 Å². The van der Waals surface area contributed by atoms with Gasteiger partial charge in [0.2, 0.25) is 0 Å². The van der Waals surface area contributed by atoms with Crippen molar-refractivity contribution >= 4 is 39.1 Å². The van der Waals surface area contributed by atoms with Crippen LogP contribution < -0.4 is 5.56 Å². The van der Waals surface area contributed by atoms with E-state index in [1.165, 1.54) is 11.8 Å². The van der Waals surface area contributed by atoms with Crippen molar-refractivity contribution in [2.45, 2.75) is 63.4 Å². The lowest BCUT2D eigenvalue weighted by Crippen LogP contribution is -2.26. The van der Waals surface area contributed by atoms with Gasteiger partial charge in [0.05, 0.1) is 10.6 Å². The predicted molar refractivity (Wildman–Crippen MR) is 92.1 cm³/mol. The van der Waals surface area contributed by atoms with E-state index in [0.29, 0.717) is 23.9 Å². The van der Waals surface area contributed by atoms with E-state index in [1.807, 2.05) is 20.8 Å². The monoisotopic (exact) mass is 336 g/mol. The number of carbonyl (C=O) groups is 1. The summed E-state index contributed by atoms with van der Waals surface area (Å²) in [5, 5.41) is 1.39. The van der Waals surface area contributed by atoms with E-state index in [-0.39, 0.29) is 10.8 Å². The van der Waals surface area contributed by atoms with Crippen molar-refractivity contribution in [3.8, 4) is 0 Å². The first kappa shape index (κ1) is 15.7. The third-order valence-corrected chi connectivity index (χ3v) is 6.72. The molecule has 4 nitrogen and oxygen atoms in total. The molecule has 0 aliphatic heterocycles. The van der Waals surface area contributed by atoms with Crippen LogP contribution in [-0.2, 0) is 11.3 Å².